The predicted molar refractivity (Wildman–Crippen MR) is 86.4 cm³/mol. The van der Waals surface area contributed by atoms with Crippen molar-refractivity contribution in [3.05, 3.63) is 50.1 Å². The van der Waals surface area contributed by atoms with E-state index in [9.17, 15) is 0 Å². The SMILES string of the molecule is Cc1ccsc1CNc1ccc(C(N)=S)c(Br)c1. The molecule has 94 valence electrons. The summed E-state index contributed by atoms with van der Waals surface area (Å²) in [5.74, 6) is 0. The van der Waals surface area contributed by atoms with Crippen molar-refractivity contribution >= 4 is 50.2 Å². The van der Waals surface area contributed by atoms with Gasteiger partial charge >= 0.3 is 0 Å². The molecule has 5 heteroatoms. The Morgan fingerprint density at radius 2 is 2.22 bits per heavy atom. The molecular weight excluding hydrogens is 328 g/mol. The smallest absolute Gasteiger partial charge is 0.105 e. The fraction of sp³-hybridized carbons (Fsp3) is 0.154. The second-order valence-corrected chi connectivity index (χ2v) is 6.23. The molecule has 0 saturated heterocycles. The van der Waals surface area contributed by atoms with Gasteiger partial charge in [-0.05, 0) is 58.1 Å². The van der Waals surface area contributed by atoms with E-state index >= 15 is 0 Å². The van der Waals surface area contributed by atoms with E-state index in [4.69, 9.17) is 18.0 Å². The fourth-order valence-corrected chi connectivity index (χ4v) is 3.34. The average Bonchev–Trinajstić information content (AvgIpc) is 2.72. The Morgan fingerprint density at radius 3 is 2.78 bits per heavy atom. The van der Waals surface area contributed by atoms with Gasteiger partial charge in [0.05, 0.1) is 0 Å². The molecule has 2 aromatic rings. The number of thiophene rings is 1. The summed E-state index contributed by atoms with van der Waals surface area (Å²) >= 11 is 10.2. The Morgan fingerprint density at radius 1 is 1.44 bits per heavy atom. The summed E-state index contributed by atoms with van der Waals surface area (Å²) in [4.78, 5) is 1.76. The van der Waals surface area contributed by atoms with Crippen molar-refractivity contribution in [2.45, 2.75) is 13.5 Å². The summed E-state index contributed by atoms with van der Waals surface area (Å²) in [5.41, 5.74) is 8.86. The monoisotopic (exact) mass is 340 g/mol. The Bertz CT molecular complexity index is 578. The maximum Gasteiger partial charge on any atom is 0.105 e. The highest BCUT2D eigenvalue weighted by molar-refractivity contribution is 9.10. The van der Waals surface area contributed by atoms with Crippen LogP contribution >= 0.6 is 39.5 Å². The van der Waals surface area contributed by atoms with E-state index in [0.29, 0.717) is 4.99 Å². The molecular formula is C13H13BrN2S2. The molecule has 0 bridgehead atoms. The Kier molecular flexibility index (Phi) is 4.37. The van der Waals surface area contributed by atoms with Crippen LogP contribution in [0.1, 0.15) is 16.0 Å². The van der Waals surface area contributed by atoms with Crippen molar-refractivity contribution in [3.8, 4) is 0 Å². The van der Waals surface area contributed by atoms with Crippen LogP contribution in [0.5, 0.6) is 0 Å². The summed E-state index contributed by atoms with van der Waals surface area (Å²) in [5, 5.41) is 5.50. The van der Waals surface area contributed by atoms with Crippen molar-refractivity contribution in [2.75, 3.05) is 5.32 Å². The van der Waals surface area contributed by atoms with Gasteiger partial charge in [-0.1, -0.05) is 12.2 Å². The van der Waals surface area contributed by atoms with Gasteiger partial charge in [-0.15, -0.1) is 11.3 Å². The van der Waals surface area contributed by atoms with E-state index in [1.54, 1.807) is 11.3 Å². The Labute approximate surface area is 124 Å². The van der Waals surface area contributed by atoms with E-state index in [2.05, 4.69) is 39.6 Å². The number of nitrogens with one attached hydrogen (secondary N) is 1. The molecule has 2 nitrogen and oxygen atoms in total. The highest BCUT2D eigenvalue weighted by Gasteiger charge is 2.04. The number of benzene rings is 1. The predicted octanol–water partition coefficient (Wildman–Crippen LogP) is 4.07. The number of thiocarbonyl (C=S) groups is 1. The molecule has 3 N–H and O–H groups in total. The van der Waals surface area contributed by atoms with Gasteiger partial charge in [-0.3, -0.25) is 0 Å². The highest BCUT2D eigenvalue weighted by atomic mass is 79.9. The van der Waals surface area contributed by atoms with Crippen LogP contribution in [-0.4, -0.2) is 4.99 Å². The first-order valence-electron chi connectivity index (χ1n) is 5.44. The van der Waals surface area contributed by atoms with Crippen LogP contribution in [0.4, 0.5) is 5.69 Å². The van der Waals surface area contributed by atoms with Crippen molar-refractivity contribution in [1.29, 1.82) is 0 Å². The Hall–Kier alpha value is -0.910. The molecule has 2 rings (SSSR count). The third-order valence-corrected chi connectivity index (χ3v) is 4.55. The fourth-order valence-electron chi connectivity index (χ4n) is 1.59. The van der Waals surface area contributed by atoms with E-state index in [1.807, 2.05) is 18.2 Å². The van der Waals surface area contributed by atoms with Crippen molar-refractivity contribution < 1.29 is 0 Å². The Balaban J connectivity index is 2.09. The van der Waals surface area contributed by atoms with Crippen LogP contribution in [0.3, 0.4) is 0 Å². The minimum atomic E-state index is 0.405. The largest absolute Gasteiger partial charge is 0.389 e. The lowest BCUT2D eigenvalue weighted by molar-refractivity contribution is 1.17. The first-order chi connectivity index (χ1) is 8.58. The standard InChI is InChI=1S/C13H13BrN2S2/c1-8-4-5-18-12(8)7-16-9-2-3-10(13(15)17)11(14)6-9/h2-6,16H,7H2,1H3,(H2,15,17). The van der Waals surface area contributed by atoms with E-state index in [-0.39, 0.29) is 0 Å². The zero-order chi connectivity index (χ0) is 13.1. The zero-order valence-corrected chi connectivity index (χ0v) is 13.1. The number of rotatable bonds is 4. The van der Waals surface area contributed by atoms with Crippen LogP contribution in [0.25, 0.3) is 0 Å². The van der Waals surface area contributed by atoms with Gasteiger partial charge in [0, 0.05) is 27.1 Å². The minimum Gasteiger partial charge on any atom is -0.389 e. The van der Waals surface area contributed by atoms with Gasteiger partial charge in [0.15, 0.2) is 0 Å². The molecule has 0 fully saturated rings. The van der Waals surface area contributed by atoms with Crippen LogP contribution in [0, 0.1) is 6.92 Å². The van der Waals surface area contributed by atoms with E-state index in [1.165, 1.54) is 10.4 Å². The number of halogens is 1. The highest BCUT2D eigenvalue weighted by Crippen LogP contribution is 2.23. The summed E-state index contributed by atoms with van der Waals surface area (Å²) in [6.07, 6.45) is 0. The van der Waals surface area contributed by atoms with E-state index < -0.39 is 0 Å². The van der Waals surface area contributed by atoms with Crippen molar-refractivity contribution in [3.63, 3.8) is 0 Å². The maximum atomic E-state index is 5.62. The lowest BCUT2D eigenvalue weighted by Gasteiger charge is -2.08. The van der Waals surface area contributed by atoms with Gasteiger partial charge in [0.25, 0.3) is 0 Å². The molecule has 0 aliphatic carbocycles. The molecule has 0 saturated carbocycles. The van der Waals surface area contributed by atoms with Crippen molar-refractivity contribution in [1.82, 2.24) is 0 Å². The molecule has 0 atom stereocenters. The molecule has 0 spiro atoms. The van der Waals surface area contributed by atoms with Gasteiger partial charge < -0.3 is 11.1 Å². The first-order valence-corrected chi connectivity index (χ1v) is 7.52. The number of hydrogen-bond donors (Lipinski definition) is 2. The quantitative estimate of drug-likeness (QED) is 0.824. The number of nitrogens with two attached hydrogens (primary N) is 1. The molecule has 1 aromatic carbocycles. The van der Waals surface area contributed by atoms with Crippen molar-refractivity contribution in [2.24, 2.45) is 5.73 Å². The molecule has 0 aliphatic heterocycles. The number of hydrogen-bond acceptors (Lipinski definition) is 3. The van der Waals surface area contributed by atoms with Gasteiger partial charge in [-0.2, -0.15) is 0 Å². The van der Waals surface area contributed by atoms with Gasteiger partial charge in [-0.25, -0.2) is 0 Å². The molecule has 0 amide bonds. The normalized spacial score (nSPS) is 10.3. The summed E-state index contributed by atoms with van der Waals surface area (Å²) in [7, 11) is 0. The van der Waals surface area contributed by atoms with Gasteiger partial charge in [0.2, 0.25) is 0 Å². The molecule has 1 heterocycles. The summed E-state index contributed by atoms with van der Waals surface area (Å²) < 4.78 is 0.919. The third-order valence-electron chi connectivity index (χ3n) is 2.66. The molecule has 18 heavy (non-hydrogen) atoms. The van der Waals surface area contributed by atoms with Crippen LogP contribution < -0.4 is 11.1 Å². The average molecular weight is 341 g/mol. The lowest BCUT2D eigenvalue weighted by atomic mass is 10.2. The lowest BCUT2D eigenvalue weighted by Crippen LogP contribution is -2.10. The molecule has 1 aromatic heterocycles. The maximum absolute atomic E-state index is 5.62. The van der Waals surface area contributed by atoms with Crippen LogP contribution in [-0.2, 0) is 6.54 Å². The van der Waals surface area contributed by atoms with Crippen LogP contribution in [0.2, 0.25) is 0 Å². The molecule has 0 aliphatic rings. The summed E-state index contributed by atoms with van der Waals surface area (Å²) in [6, 6.07) is 8.04. The van der Waals surface area contributed by atoms with Crippen LogP contribution in [0.15, 0.2) is 34.1 Å². The minimum absolute atomic E-state index is 0.405. The molecule has 0 radical (unpaired) electrons. The third kappa shape index (κ3) is 3.10. The summed E-state index contributed by atoms with van der Waals surface area (Å²) in [6.45, 7) is 2.96. The topological polar surface area (TPSA) is 38.0 Å². The molecule has 0 unspecified atom stereocenters. The zero-order valence-electron chi connectivity index (χ0n) is 9.87. The second-order valence-electron chi connectivity index (χ2n) is 3.94. The first kappa shape index (κ1) is 13.5. The van der Waals surface area contributed by atoms with E-state index in [0.717, 1.165) is 22.3 Å². The second kappa shape index (κ2) is 5.82. The number of aryl methyl sites for hydroxylation is 1. The number of anilines is 1. The van der Waals surface area contributed by atoms with Gasteiger partial charge in [0.1, 0.15) is 4.99 Å².